The van der Waals surface area contributed by atoms with E-state index in [1.165, 1.54) is 108 Å². The van der Waals surface area contributed by atoms with Gasteiger partial charge < -0.3 is 9.13 Å². The van der Waals surface area contributed by atoms with Gasteiger partial charge in [-0.2, -0.15) is 0 Å². The van der Waals surface area contributed by atoms with Crippen molar-refractivity contribution in [2.75, 3.05) is 0 Å². The molecule has 0 N–H and O–H groups in total. The highest BCUT2D eigenvalue weighted by Gasteiger charge is 2.16. The number of nitrogens with zero attached hydrogens (tertiary/aromatic N) is 2. The molecule has 2 heterocycles. The molecule has 62 heavy (non-hydrogen) atoms. The van der Waals surface area contributed by atoms with Crippen LogP contribution in [0.4, 0.5) is 0 Å². The molecule has 1 aliphatic rings. The van der Waals surface area contributed by atoms with Gasteiger partial charge in [-0.25, -0.2) is 0 Å². The average Bonchev–Trinajstić information content (AvgIpc) is 3.86. The fourth-order valence-electron chi connectivity index (χ4n) is 10.4. The fraction of sp³-hybridized carbons (Fsp3) is 0. The summed E-state index contributed by atoms with van der Waals surface area (Å²) >= 11 is 0. The summed E-state index contributed by atoms with van der Waals surface area (Å²) in [5, 5.41) is 15.0. The Kier molecular flexibility index (Phi) is 7.64. The Morgan fingerprint density at radius 2 is 0.468 bits per heavy atom. The van der Waals surface area contributed by atoms with Crippen molar-refractivity contribution >= 4 is 43.6 Å². The first-order valence-electron chi connectivity index (χ1n) is 21.4. The number of benzene rings is 10. The standard InChI is InChI=1S/C60H38N2/c1-2-16-46-45(15-1)47-17-3-5-23-53(47)59-43(39-29-33-41(34-30-39)61-55-25-11-7-19-49(55)50-20-8-12-26-56(50)61)37-38-44(60(59)54-24-6-4-18-48(46)54)40-31-35-42(36-32-40)62-57-27-13-9-21-51(57)52-22-10-14-28-58(52)62/h1-38H/b47-45-,48-46-,59-53-,60-54-. The van der Waals surface area contributed by atoms with Gasteiger partial charge in [0.25, 0.3) is 0 Å². The quantitative estimate of drug-likeness (QED) is 0.168. The Hall–Kier alpha value is -8.20. The van der Waals surface area contributed by atoms with Crippen LogP contribution in [0.2, 0.25) is 0 Å². The Balaban J connectivity index is 1.11. The Bertz CT molecular complexity index is 3820. The topological polar surface area (TPSA) is 9.86 Å². The molecule has 1 aliphatic carbocycles. The molecular weight excluding hydrogens is 749 g/mol. The maximum Gasteiger partial charge on any atom is 0.0541 e. The third-order valence-electron chi connectivity index (χ3n) is 13.1. The predicted molar refractivity (Wildman–Crippen MR) is 256 cm³/mol. The normalized spacial score (nSPS) is 14.2. The van der Waals surface area contributed by atoms with Crippen molar-refractivity contribution in [2.45, 2.75) is 0 Å². The molecule has 2 nitrogen and oxygen atoms in total. The van der Waals surface area contributed by atoms with E-state index < -0.39 is 0 Å². The molecule has 0 unspecified atom stereocenters. The number of fused-ring (bicyclic) bond motifs is 10. The smallest absolute Gasteiger partial charge is 0.0541 e. The molecule has 2 heteroatoms. The highest BCUT2D eigenvalue weighted by Crippen LogP contribution is 2.36. The van der Waals surface area contributed by atoms with E-state index >= 15 is 0 Å². The lowest BCUT2D eigenvalue weighted by molar-refractivity contribution is 1.18. The van der Waals surface area contributed by atoms with Gasteiger partial charge in [-0.1, -0.05) is 182 Å². The second-order valence-electron chi connectivity index (χ2n) is 16.4. The van der Waals surface area contributed by atoms with Gasteiger partial charge in [0.15, 0.2) is 0 Å². The van der Waals surface area contributed by atoms with Crippen molar-refractivity contribution in [3.05, 3.63) is 272 Å². The summed E-state index contributed by atoms with van der Waals surface area (Å²) in [4.78, 5) is 0. The van der Waals surface area contributed by atoms with Crippen molar-refractivity contribution in [1.82, 2.24) is 9.13 Å². The zero-order valence-corrected chi connectivity index (χ0v) is 33.8. The van der Waals surface area contributed by atoms with Gasteiger partial charge in [-0.15, -0.1) is 0 Å². The lowest BCUT2D eigenvalue weighted by Gasteiger charge is -2.14. The third-order valence-corrected chi connectivity index (χ3v) is 13.1. The van der Waals surface area contributed by atoms with E-state index in [1.54, 1.807) is 0 Å². The summed E-state index contributed by atoms with van der Waals surface area (Å²) in [5.74, 6) is 0. The zero-order valence-electron chi connectivity index (χ0n) is 33.8. The zero-order chi connectivity index (χ0) is 40.7. The molecule has 0 amide bonds. The summed E-state index contributed by atoms with van der Waals surface area (Å²) in [6, 6.07) is 85.0. The van der Waals surface area contributed by atoms with Gasteiger partial charge in [-0.3, -0.25) is 0 Å². The van der Waals surface area contributed by atoms with Gasteiger partial charge in [0.1, 0.15) is 0 Å². The molecule has 0 saturated carbocycles. The summed E-state index contributed by atoms with van der Waals surface area (Å²) in [5.41, 5.74) is 11.9. The van der Waals surface area contributed by atoms with E-state index in [-0.39, 0.29) is 0 Å². The molecule has 288 valence electrons. The number of rotatable bonds is 4. The molecule has 0 radical (unpaired) electrons. The van der Waals surface area contributed by atoms with E-state index in [0.717, 1.165) is 11.4 Å². The first-order valence-corrected chi connectivity index (χ1v) is 21.4. The second kappa shape index (κ2) is 13.7. The van der Waals surface area contributed by atoms with Crippen LogP contribution in [0.5, 0.6) is 0 Å². The van der Waals surface area contributed by atoms with Crippen LogP contribution >= 0.6 is 0 Å². The first-order chi connectivity index (χ1) is 30.8. The molecule has 10 aromatic carbocycles. The lowest BCUT2D eigenvalue weighted by Crippen LogP contribution is -1.97. The molecule has 2 aromatic heterocycles. The van der Waals surface area contributed by atoms with E-state index in [2.05, 4.69) is 240 Å². The van der Waals surface area contributed by atoms with Gasteiger partial charge in [0.05, 0.1) is 22.1 Å². The SMILES string of the molecule is c1ccc2/c(c1)=c1/cccc/c1=c1\c(-c3ccc(-n4c5ccccc5c5ccccc54)cc3)ccc(-c3ccc(-n4c5ccccc5c5ccccc54)cc3)\c1=c1/cccc/c1=2. The van der Waals surface area contributed by atoms with Crippen molar-refractivity contribution in [3.8, 4) is 33.6 Å². The largest absolute Gasteiger partial charge is 0.309 e. The third kappa shape index (κ3) is 5.11. The molecule has 12 aromatic rings. The Morgan fingerprint density at radius 1 is 0.210 bits per heavy atom. The maximum absolute atomic E-state index is 2.40. The minimum Gasteiger partial charge on any atom is -0.309 e. The minimum absolute atomic E-state index is 1.15. The molecule has 0 saturated heterocycles. The van der Waals surface area contributed by atoms with Crippen LogP contribution in [-0.2, 0) is 0 Å². The van der Waals surface area contributed by atoms with Crippen LogP contribution in [0.25, 0.3) is 77.2 Å². The fourth-order valence-corrected chi connectivity index (χ4v) is 10.4. The second-order valence-corrected chi connectivity index (χ2v) is 16.4. The highest BCUT2D eigenvalue weighted by atomic mass is 15.0. The van der Waals surface area contributed by atoms with Crippen LogP contribution in [-0.4, -0.2) is 9.13 Å². The van der Waals surface area contributed by atoms with Crippen LogP contribution < -0.4 is 0 Å². The van der Waals surface area contributed by atoms with Gasteiger partial charge in [-0.05, 0) is 113 Å². The molecule has 13 rings (SSSR count). The molecular formula is C60H38N2. The number of hydrogen-bond acceptors (Lipinski definition) is 0. The lowest BCUT2D eigenvalue weighted by atomic mass is 9.91. The Morgan fingerprint density at radius 3 is 0.790 bits per heavy atom. The first kappa shape index (κ1) is 34.6. The van der Waals surface area contributed by atoms with Crippen LogP contribution in [0.15, 0.2) is 231 Å². The van der Waals surface area contributed by atoms with Gasteiger partial charge >= 0.3 is 0 Å². The number of aromatic nitrogens is 2. The maximum atomic E-state index is 2.40. The van der Waals surface area contributed by atoms with Crippen LogP contribution in [0.3, 0.4) is 0 Å². The summed E-state index contributed by atoms with van der Waals surface area (Å²) < 4.78 is 4.79. The van der Waals surface area contributed by atoms with Crippen molar-refractivity contribution in [2.24, 2.45) is 0 Å². The summed E-state index contributed by atoms with van der Waals surface area (Å²) in [7, 11) is 0. The van der Waals surface area contributed by atoms with E-state index in [0.29, 0.717) is 0 Å². The summed E-state index contributed by atoms with van der Waals surface area (Å²) in [6.07, 6.45) is 0. The summed E-state index contributed by atoms with van der Waals surface area (Å²) in [6.45, 7) is 0. The number of para-hydroxylation sites is 4. The average molecular weight is 787 g/mol. The van der Waals surface area contributed by atoms with E-state index in [4.69, 9.17) is 0 Å². The monoisotopic (exact) mass is 786 g/mol. The minimum atomic E-state index is 1.15. The highest BCUT2D eigenvalue weighted by molar-refractivity contribution is 6.10. The Labute approximate surface area is 357 Å². The molecule has 0 fully saturated rings. The molecule has 0 spiro atoms. The molecule has 0 atom stereocenters. The van der Waals surface area contributed by atoms with Crippen molar-refractivity contribution in [3.63, 3.8) is 0 Å². The van der Waals surface area contributed by atoms with Crippen LogP contribution in [0.1, 0.15) is 0 Å². The van der Waals surface area contributed by atoms with E-state index in [9.17, 15) is 0 Å². The predicted octanol–water partition coefficient (Wildman–Crippen LogP) is 14.7. The van der Waals surface area contributed by atoms with Crippen molar-refractivity contribution < 1.29 is 0 Å². The van der Waals surface area contributed by atoms with Gasteiger partial charge in [0.2, 0.25) is 0 Å². The van der Waals surface area contributed by atoms with Gasteiger partial charge in [0, 0.05) is 32.9 Å². The van der Waals surface area contributed by atoms with E-state index in [1.807, 2.05) is 0 Å². The number of hydrogen-bond donors (Lipinski definition) is 0. The molecule has 0 bridgehead atoms. The van der Waals surface area contributed by atoms with Crippen LogP contribution in [0, 0.1) is 41.7 Å². The van der Waals surface area contributed by atoms with Crippen molar-refractivity contribution in [1.29, 1.82) is 0 Å². The molecule has 0 aliphatic heterocycles.